The van der Waals surface area contributed by atoms with Crippen LogP contribution in [0.5, 0.6) is 0 Å². The summed E-state index contributed by atoms with van der Waals surface area (Å²) < 4.78 is 34.4. The zero-order chi connectivity index (χ0) is 53.0. The molecule has 0 aromatic rings. The van der Waals surface area contributed by atoms with Crippen LogP contribution in [-0.4, -0.2) is 142 Å². The van der Waals surface area contributed by atoms with Gasteiger partial charge in [0, 0.05) is 13.0 Å². The molecule has 2 saturated heterocycles. The quantitative estimate of drug-likeness (QED) is 0.0172. The summed E-state index contributed by atoms with van der Waals surface area (Å²) in [5.41, 5.74) is 0. The summed E-state index contributed by atoms with van der Waals surface area (Å²) in [5.74, 6) is -0.382. The van der Waals surface area contributed by atoms with Crippen molar-refractivity contribution in [2.24, 2.45) is 0 Å². The van der Waals surface area contributed by atoms with Crippen LogP contribution in [0.25, 0.3) is 0 Å². The highest BCUT2D eigenvalue weighted by Crippen LogP contribution is 2.27. The average molecular weight is 1040 g/mol. The highest BCUT2D eigenvalue weighted by molar-refractivity contribution is 5.69. The molecule has 0 bridgehead atoms. The summed E-state index contributed by atoms with van der Waals surface area (Å²) in [7, 11) is 0. The fourth-order valence-corrected chi connectivity index (χ4v) is 9.05. The molecule has 2 aliphatic heterocycles. The molecule has 0 aliphatic carbocycles. The second-order valence-electron chi connectivity index (χ2n) is 20.5. The number of carbonyl (C=O) groups is 1. The van der Waals surface area contributed by atoms with Crippen molar-refractivity contribution in [2.45, 2.75) is 287 Å². The van der Waals surface area contributed by atoms with Gasteiger partial charge in [0.25, 0.3) is 0 Å². The molecule has 0 radical (unpaired) electrons. The third kappa shape index (κ3) is 33.0. The lowest BCUT2D eigenvalue weighted by atomic mass is 9.98. The minimum absolute atomic E-state index is 0.0557. The molecule has 11 atom stereocenters. The van der Waals surface area contributed by atoms with Crippen LogP contribution in [0.15, 0.2) is 48.6 Å². The third-order valence-electron chi connectivity index (χ3n) is 13.8. The maximum atomic E-state index is 13.1. The second kappa shape index (κ2) is 46.1. The summed E-state index contributed by atoms with van der Waals surface area (Å²) in [6.07, 6.45) is 38.8. The molecule has 426 valence electrons. The van der Waals surface area contributed by atoms with Gasteiger partial charge in [0.15, 0.2) is 12.6 Å². The number of hydrogen-bond donors (Lipinski definition) is 7. The van der Waals surface area contributed by atoms with Crippen LogP contribution >= 0.6 is 0 Å². The molecule has 0 aromatic carbocycles. The van der Waals surface area contributed by atoms with Crippen LogP contribution in [0.1, 0.15) is 219 Å². The van der Waals surface area contributed by atoms with Gasteiger partial charge in [-0.15, -0.1) is 0 Å². The Hall–Kier alpha value is -2.05. The molecule has 73 heavy (non-hydrogen) atoms. The van der Waals surface area contributed by atoms with Crippen LogP contribution in [0.4, 0.5) is 0 Å². The third-order valence-corrected chi connectivity index (χ3v) is 13.8. The van der Waals surface area contributed by atoms with E-state index in [0.29, 0.717) is 13.0 Å². The molecule has 11 unspecified atom stereocenters. The molecule has 2 fully saturated rings. The molecule has 14 nitrogen and oxygen atoms in total. The first-order chi connectivity index (χ1) is 35.6. The van der Waals surface area contributed by atoms with Crippen molar-refractivity contribution in [3.63, 3.8) is 0 Å². The lowest BCUT2D eigenvalue weighted by Crippen LogP contribution is -2.61. The predicted octanol–water partition coefficient (Wildman–Crippen LogP) is 10.3. The van der Waals surface area contributed by atoms with E-state index in [1.807, 2.05) is 0 Å². The van der Waals surface area contributed by atoms with Crippen LogP contribution in [-0.2, 0) is 33.2 Å². The number of ether oxygens (including phenoxy) is 6. The highest BCUT2D eigenvalue weighted by atomic mass is 16.7. The van der Waals surface area contributed by atoms with Gasteiger partial charge in [-0.2, -0.15) is 0 Å². The molecule has 2 heterocycles. The van der Waals surface area contributed by atoms with Crippen molar-refractivity contribution in [1.29, 1.82) is 0 Å². The Kier molecular flexibility index (Phi) is 42.3. The fourth-order valence-electron chi connectivity index (χ4n) is 9.05. The van der Waals surface area contributed by atoms with Gasteiger partial charge in [-0.05, 0) is 77.0 Å². The Morgan fingerprint density at radius 1 is 0.452 bits per heavy atom. The van der Waals surface area contributed by atoms with Gasteiger partial charge in [0.2, 0.25) is 0 Å². The van der Waals surface area contributed by atoms with Gasteiger partial charge < -0.3 is 64.2 Å². The van der Waals surface area contributed by atoms with Gasteiger partial charge in [-0.25, -0.2) is 0 Å². The number of unbranched alkanes of at least 4 members (excludes halogenated alkanes) is 25. The van der Waals surface area contributed by atoms with Crippen molar-refractivity contribution in [1.82, 2.24) is 0 Å². The van der Waals surface area contributed by atoms with E-state index < -0.39 is 80.7 Å². The molecule has 14 heteroatoms. The van der Waals surface area contributed by atoms with Gasteiger partial charge in [0.1, 0.15) is 54.9 Å². The van der Waals surface area contributed by atoms with Gasteiger partial charge in [-0.3, -0.25) is 4.79 Å². The first-order valence-corrected chi connectivity index (χ1v) is 29.2. The number of aliphatic hydroxyl groups is 7. The number of carbonyl (C=O) groups excluding carboxylic acids is 1. The van der Waals surface area contributed by atoms with E-state index in [1.54, 1.807) is 0 Å². The van der Waals surface area contributed by atoms with Crippen molar-refractivity contribution in [3.8, 4) is 0 Å². The Labute approximate surface area is 442 Å². The Balaban J connectivity index is 1.69. The molecule has 2 aliphatic rings. The number of esters is 1. The number of aliphatic hydroxyl groups excluding tert-OH is 7. The fraction of sp³-hybridized carbons (Fsp3) is 0.847. The predicted molar refractivity (Wildman–Crippen MR) is 289 cm³/mol. The smallest absolute Gasteiger partial charge is 0.306 e. The monoisotopic (exact) mass is 1040 g/mol. The summed E-state index contributed by atoms with van der Waals surface area (Å²) in [6, 6.07) is 0. The lowest BCUT2D eigenvalue weighted by molar-refractivity contribution is -0.332. The first-order valence-electron chi connectivity index (χ1n) is 29.2. The number of rotatable bonds is 47. The van der Waals surface area contributed by atoms with E-state index in [9.17, 15) is 40.5 Å². The normalized spacial score (nSPS) is 25.3. The van der Waals surface area contributed by atoms with Crippen LogP contribution < -0.4 is 0 Å². The molecule has 2 rings (SSSR count). The van der Waals surface area contributed by atoms with Crippen LogP contribution in [0, 0.1) is 0 Å². The summed E-state index contributed by atoms with van der Waals surface area (Å²) >= 11 is 0. The zero-order valence-electron chi connectivity index (χ0n) is 45.6. The van der Waals surface area contributed by atoms with Crippen LogP contribution in [0.3, 0.4) is 0 Å². The topological polar surface area (TPSA) is 214 Å². The average Bonchev–Trinajstić information content (AvgIpc) is 3.39. The van der Waals surface area contributed by atoms with E-state index in [-0.39, 0.29) is 25.6 Å². The van der Waals surface area contributed by atoms with Crippen LogP contribution in [0.2, 0.25) is 0 Å². The Morgan fingerprint density at radius 2 is 0.849 bits per heavy atom. The van der Waals surface area contributed by atoms with Crippen molar-refractivity contribution in [2.75, 3.05) is 33.0 Å². The van der Waals surface area contributed by atoms with E-state index in [1.165, 1.54) is 128 Å². The number of hydrogen-bond acceptors (Lipinski definition) is 14. The van der Waals surface area contributed by atoms with Crippen molar-refractivity contribution in [3.05, 3.63) is 48.6 Å². The SMILES string of the molecule is CCCCCC/C=C\CCCCCCCCOCC(COC1OC(COC2OC(CO)C(O)C(O)C2O)C(O)C(O)C1O)OC(=O)CCCCCCCCCCCC/C=C\C/C=C\C/C=C\CCCCCCC. The molecule has 7 N–H and O–H groups in total. The molecule has 0 amide bonds. The van der Waals surface area contributed by atoms with Gasteiger partial charge in [-0.1, -0.05) is 184 Å². The zero-order valence-corrected chi connectivity index (χ0v) is 45.6. The molecule has 0 spiro atoms. The highest BCUT2D eigenvalue weighted by Gasteiger charge is 2.47. The van der Waals surface area contributed by atoms with E-state index in [4.69, 9.17) is 28.4 Å². The molecular formula is C59H106O14. The van der Waals surface area contributed by atoms with Crippen molar-refractivity contribution >= 4 is 5.97 Å². The maximum absolute atomic E-state index is 13.1. The Bertz CT molecular complexity index is 1390. The largest absolute Gasteiger partial charge is 0.457 e. The lowest BCUT2D eigenvalue weighted by Gasteiger charge is -2.42. The standard InChI is InChI=1S/C59H106O14/c1-3-5-7-9-11-13-15-17-19-20-21-22-23-24-25-26-27-28-29-30-32-34-36-38-40-42-51(61)71-48(45-68-43-41-39-37-35-33-31-18-16-14-12-10-8-6-4-2)46-69-58-57(67)55(65)53(63)50(73-58)47-70-59-56(66)54(64)52(62)49(44-60)72-59/h14-17,20-21,23-24,48-50,52-60,62-67H,3-13,18-19,22,25-47H2,1-2H3/b16-14-,17-15-,21-20-,24-23-. The van der Waals surface area contributed by atoms with Crippen molar-refractivity contribution < 1.29 is 69.0 Å². The summed E-state index contributed by atoms with van der Waals surface area (Å²) in [4.78, 5) is 13.1. The van der Waals surface area contributed by atoms with Gasteiger partial charge in [0.05, 0.1) is 26.4 Å². The molecular weight excluding hydrogens is 933 g/mol. The molecule has 0 saturated carbocycles. The van der Waals surface area contributed by atoms with Gasteiger partial charge >= 0.3 is 5.97 Å². The summed E-state index contributed by atoms with van der Waals surface area (Å²) in [5, 5.41) is 72.3. The number of allylic oxidation sites excluding steroid dienone is 8. The first kappa shape index (κ1) is 67.1. The maximum Gasteiger partial charge on any atom is 0.306 e. The van der Waals surface area contributed by atoms with E-state index >= 15 is 0 Å². The minimum atomic E-state index is -1.71. The second-order valence-corrected chi connectivity index (χ2v) is 20.5. The van der Waals surface area contributed by atoms with E-state index in [0.717, 1.165) is 64.2 Å². The molecule has 0 aromatic heterocycles. The van der Waals surface area contributed by atoms with E-state index in [2.05, 4.69) is 62.5 Å². The minimum Gasteiger partial charge on any atom is -0.457 e. The Morgan fingerprint density at radius 3 is 1.36 bits per heavy atom. The summed E-state index contributed by atoms with van der Waals surface area (Å²) in [6.45, 7) is 3.66.